The van der Waals surface area contributed by atoms with Crippen LogP contribution in [0.2, 0.25) is 0 Å². The molecule has 2 aromatic carbocycles. The number of aryl methyl sites for hydroxylation is 1. The summed E-state index contributed by atoms with van der Waals surface area (Å²) in [6.07, 6.45) is 2.16. The van der Waals surface area contributed by atoms with Crippen molar-refractivity contribution in [2.75, 3.05) is 25.1 Å². The zero-order valence-corrected chi connectivity index (χ0v) is 24.6. The van der Waals surface area contributed by atoms with Crippen molar-refractivity contribution in [3.05, 3.63) is 54.2 Å². The van der Waals surface area contributed by atoms with Crippen LogP contribution in [0.4, 0.5) is 14.9 Å². The number of ether oxygens (including phenoxy) is 4. The Balaban J connectivity index is 1.24. The van der Waals surface area contributed by atoms with E-state index in [9.17, 15) is 14.3 Å². The summed E-state index contributed by atoms with van der Waals surface area (Å²) < 4.78 is 37.3. The fourth-order valence-corrected chi connectivity index (χ4v) is 5.00. The Morgan fingerprint density at radius 3 is 2.56 bits per heavy atom. The second kappa shape index (κ2) is 13.1. The summed E-state index contributed by atoms with van der Waals surface area (Å²) in [5.74, 6) is -0.139. The number of rotatable bonds is 11. The van der Waals surface area contributed by atoms with Gasteiger partial charge in [0.15, 0.2) is 11.6 Å². The van der Waals surface area contributed by atoms with Crippen LogP contribution in [0.3, 0.4) is 0 Å². The number of amides is 1. The highest BCUT2D eigenvalue weighted by molar-refractivity contribution is 7.21. The van der Waals surface area contributed by atoms with Gasteiger partial charge in [0, 0.05) is 17.7 Å². The number of aliphatic hydroxyl groups excluding tert-OH is 1. The molecule has 0 saturated heterocycles. The van der Waals surface area contributed by atoms with Crippen molar-refractivity contribution >= 4 is 44.4 Å². The van der Waals surface area contributed by atoms with Gasteiger partial charge in [-0.15, -0.1) is 11.3 Å². The van der Waals surface area contributed by atoms with Gasteiger partial charge < -0.3 is 24.1 Å². The lowest BCUT2D eigenvalue weighted by Gasteiger charge is -2.15. The Morgan fingerprint density at radius 2 is 1.81 bits per heavy atom. The van der Waals surface area contributed by atoms with Crippen LogP contribution in [-0.2, 0) is 4.74 Å². The molecule has 0 aliphatic carbocycles. The molecule has 14 heteroatoms. The summed E-state index contributed by atoms with van der Waals surface area (Å²) in [6.45, 7) is 7.44. The lowest BCUT2D eigenvalue weighted by Crippen LogP contribution is -2.24. The first-order chi connectivity index (χ1) is 20.7. The smallest absolute Gasteiger partial charge is 0.411 e. The molecule has 0 spiro atoms. The lowest BCUT2D eigenvalue weighted by molar-refractivity contribution is 0.0969. The average molecular weight is 609 g/mol. The number of nitrogens with zero attached hydrogens (tertiary/aromatic N) is 5. The van der Waals surface area contributed by atoms with Crippen LogP contribution < -0.4 is 19.5 Å². The summed E-state index contributed by atoms with van der Waals surface area (Å²) in [5, 5.41) is 12.4. The largest absolute Gasteiger partial charge is 0.484 e. The summed E-state index contributed by atoms with van der Waals surface area (Å²) >= 11 is 1.38. The molecule has 0 aliphatic heterocycles. The molecule has 3 aromatic heterocycles. The van der Waals surface area contributed by atoms with Crippen molar-refractivity contribution in [3.8, 4) is 28.2 Å². The third kappa shape index (κ3) is 7.40. The molecule has 0 radical (unpaired) electrons. The molecular formula is C29H29FN6O6S. The topological polar surface area (TPSA) is 151 Å². The normalized spacial score (nSPS) is 12.6. The Bertz CT molecular complexity index is 1750. The van der Waals surface area contributed by atoms with E-state index in [2.05, 4.69) is 30.2 Å². The first-order valence-electron chi connectivity index (χ1n) is 13.4. The second-order valence-corrected chi connectivity index (χ2v) is 10.7. The highest BCUT2D eigenvalue weighted by Crippen LogP contribution is 2.37. The van der Waals surface area contributed by atoms with Crippen LogP contribution in [0, 0.1) is 12.7 Å². The van der Waals surface area contributed by atoms with E-state index < -0.39 is 24.1 Å². The van der Waals surface area contributed by atoms with Crippen LogP contribution in [-0.4, -0.2) is 68.1 Å². The van der Waals surface area contributed by atoms with E-state index in [-0.39, 0.29) is 30.7 Å². The summed E-state index contributed by atoms with van der Waals surface area (Å²) in [7, 11) is 0. The first-order valence-corrected chi connectivity index (χ1v) is 14.2. The van der Waals surface area contributed by atoms with Crippen molar-refractivity contribution in [2.24, 2.45) is 0 Å². The van der Waals surface area contributed by atoms with Gasteiger partial charge in [-0.3, -0.25) is 5.32 Å². The van der Waals surface area contributed by atoms with Crippen molar-refractivity contribution in [3.63, 3.8) is 0 Å². The predicted octanol–water partition coefficient (Wildman–Crippen LogP) is 5.32. The number of anilines is 1. The Hall–Kier alpha value is -4.69. The third-order valence-electron chi connectivity index (χ3n) is 5.84. The number of hydrogen-bond donors (Lipinski definition) is 2. The van der Waals surface area contributed by atoms with Gasteiger partial charge in [0.2, 0.25) is 5.88 Å². The van der Waals surface area contributed by atoms with Gasteiger partial charge in [0.05, 0.1) is 58.2 Å². The van der Waals surface area contributed by atoms with E-state index in [1.807, 2.05) is 26.0 Å². The van der Waals surface area contributed by atoms with Gasteiger partial charge in [-0.05, 0) is 45.4 Å². The molecule has 0 saturated carbocycles. The second-order valence-electron chi connectivity index (χ2n) is 9.66. The van der Waals surface area contributed by atoms with Crippen LogP contribution in [0.25, 0.3) is 31.8 Å². The number of carbonyl (C=O) groups is 1. The molecule has 0 bridgehead atoms. The number of benzene rings is 2. The Morgan fingerprint density at radius 1 is 1.02 bits per heavy atom. The quantitative estimate of drug-likeness (QED) is 0.201. The van der Waals surface area contributed by atoms with Crippen molar-refractivity contribution < 1.29 is 33.2 Å². The number of fused-ring (bicyclic) bond motifs is 2. The predicted molar refractivity (Wildman–Crippen MR) is 158 cm³/mol. The number of aromatic nitrogens is 5. The molecule has 2 atom stereocenters. The van der Waals surface area contributed by atoms with Crippen molar-refractivity contribution in [2.45, 2.75) is 39.9 Å². The van der Waals surface area contributed by atoms with Crippen LogP contribution in [0.5, 0.6) is 17.6 Å². The lowest BCUT2D eigenvalue weighted by atomic mass is 10.1. The van der Waals surface area contributed by atoms with E-state index in [4.69, 9.17) is 18.9 Å². The number of halogens is 1. The van der Waals surface area contributed by atoms with Crippen LogP contribution in [0.15, 0.2) is 42.9 Å². The number of carbonyl (C=O) groups excluding carboxylic acids is 1. The minimum Gasteiger partial charge on any atom is -0.484 e. The fraction of sp³-hybridized carbons (Fsp3) is 0.310. The molecule has 43 heavy (non-hydrogen) atoms. The standard InChI is InChI=1S/C29H29FN6O6S/c1-5-39-25-12-31-26-19(6-15(2)7-22(26)35-25)27-36-21-8-20(30)23(9-24(21)43-27)42-17(4)14-41-29(38)34-18-10-32-28(33-11-18)40-13-16(3)37/h6-12,16-17,37H,5,13-14H2,1-4H3,(H,34,38)/t16-,17-/m0/s1. The molecule has 224 valence electrons. The van der Waals surface area contributed by atoms with Gasteiger partial charge in [-0.1, -0.05) is 0 Å². The summed E-state index contributed by atoms with van der Waals surface area (Å²) in [6, 6.07) is 6.86. The highest BCUT2D eigenvalue weighted by atomic mass is 32.1. The monoisotopic (exact) mass is 608 g/mol. The maximum absolute atomic E-state index is 15.0. The first kappa shape index (κ1) is 29.8. The Kier molecular flexibility index (Phi) is 9.07. The molecule has 2 N–H and O–H groups in total. The van der Waals surface area contributed by atoms with Crippen molar-refractivity contribution in [1.29, 1.82) is 0 Å². The summed E-state index contributed by atoms with van der Waals surface area (Å²) in [5.41, 5.74) is 3.87. The van der Waals surface area contributed by atoms with E-state index in [0.717, 1.165) is 11.1 Å². The molecule has 12 nitrogen and oxygen atoms in total. The zero-order valence-electron chi connectivity index (χ0n) is 23.8. The van der Waals surface area contributed by atoms with E-state index in [1.165, 1.54) is 29.8 Å². The van der Waals surface area contributed by atoms with Crippen molar-refractivity contribution in [1.82, 2.24) is 24.9 Å². The van der Waals surface area contributed by atoms with E-state index >= 15 is 0 Å². The molecule has 0 aliphatic rings. The number of thiazole rings is 1. The van der Waals surface area contributed by atoms with Gasteiger partial charge in [0.25, 0.3) is 0 Å². The molecule has 5 aromatic rings. The SMILES string of the molecule is CCOc1cnc2c(-c3nc4cc(F)c(O[C@@H](C)COC(=O)Nc5cnc(OC[C@H](C)O)nc5)cc4s3)cc(C)cc2n1. The number of hydrogen-bond acceptors (Lipinski definition) is 12. The van der Waals surface area contributed by atoms with Crippen LogP contribution >= 0.6 is 11.3 Å². The highest BCUT2D eigenvalue weighted by Gasteiger charge is 2.18. The van der Waals surface area contributed by atoms with Gasteiger partial charge >= 0.3 is 12.1 Å². The van der Waals surface area contributed by atoms with E-state index in [1.54, 1.807) is 26.1 Å². The average Bonchev–Trinajstić information content (AvgIpc) is 3.38. The number of aliphatic hydroxyl groups is 1. The summed E-state index contributed by atoms with van der Waals surface area (Å²) in [4.78, 5) is 33.9. The minimum atomic E-state index is -0.762. The zero-order chi connectivity index (χ0) is 30.5. The molecule has 5 rings (SSSR count). The molecular weight excluding hydrogens is 579 g/mol. The van der Waals surface area contributed by atoms with E-state index in [0.29, 0.717) is 38.7 Å². The maximum atomic E-state index is 15.0. The minimum absolute atomic E-state index is 0.00985. The van der Waals surface area contributed by atoms with Gasteiger partial charge in [-0.2, -0.15) is 0 Å². The maximum Gasteiger partial charge on any atom is 0.411 e. The Labute approximate surface area is 249 Å². The fourth-order valence-electron chi connectivity index (χ4n) is 4.01. The van der Waals surface area contributed by atoms with Gasteiger partial charge in [0.1, 0.15) is 24.3 Å². The third-order valence-corrected chi connectivity index (χ3v) is 6.89. The molecule has 3 heterocycles. The molecule has 1 amide bonds. The molecule has 0 fully saturated rings. The van der Waals surface area contributed by atoms with Crippen LogP contribution in [0.1, 0.15) is 26.3 Å². The molecule has 0 unspecified atom stereocenters. The number of nitrogens with one attached hydrogen (secondary N) is 1. The van der Waals surface area contributed by atoms with Gasteiger partial charge in [-0.25, -0.2) is 34.1 Å².